The highest BCUT2D eigenvalue weighted by Gasteiger charge is 2.16. The van der Waals surface area contributed by atoms with Crippen molar-refractivity contribution in [3.63, 3.8) is 0 Å². The number of guanidine groups is 1. The summed E-state index contributed by atoms with van der Waals surface area (Å²) in [6.07, 6.45) is 2.36. The van der Waals surface area contributed by atoms with Gasteiger partial charge < -0.3 is 16.0 Å². The van der Waals surface area contributed by atoms with Crippen LogP contribution in [0.4, 0.5) is 5.69 Å². The van der Waals surface area contributed by atoms with Gasteiger partial charge in [-0.2, -0.15) is 0 Å². The van der Waals surface area contributed by atoms with Crippen LogP contribution < -0.4 is 11.1 Å². The standard InChI is InChI=1S/C18H28N4O/c1-13(2)17(23)21-16-6-4-15(5-7-16)12-20-18(19)22-10-8-14(3)9-11-22/h4-7,13-14H,8-12H2,1-3H3,(H2,19,20)(H,21,23). The molecule has 1 fully saturated rings. The number of carbonyl (C=O) groups is 1. The van der Waals surface area contributed by atoms with E-state index in [9.17, 15) is 4.79 Å². The molecule has 3 N–H and O–H groups in total. The van der Waals surface area contributed by atoms with E-state index in [4.69, 9.17) is 5.73 Å². The van der Waals surface area contributed by atoms with E-state index >= 15 is 0 Å². The molecule has 1 amide bonds. The quantitative estimate of drug-likeness (QED) is 0.663. The highest BCUT2D eigenvalue weighted by Crippen LogP contribution is 2.16. The summed E-state index contributed by atoms with van der Waals surface area (Å²) in [6.45, 7) is 8.60. The number of amides is 1. The minimum Gasteiger partial charge on any atom is -0.370 e. The Kier molecular flexibility index (Phi) is 6.02. The monoisotopic (exact) mass is 316 g/mol. The van der Waals surface area contributed by atoms with Crippen LogP contribution in [0.5, 0.6) is 0 Å². The van der Waals surface area contributed by atoms with Crippen LogP contribution in [0.25, 0.3) is 0 Å². The van der Waals surface area contributed by atoms with Gasteiger partial charge in [-0.15, -0.1) is 0 Å². The van der Waals surface area contributed by atoms with Crippen LogP contribution in [0.1, 0.15) is 39.2 Å². The summed E-state index contributed by atoms with van der Waals surface area (Å²) in [4.78, 5) is 18.3. The van der Waals surface area contributed by atoms with Crippen LogP contribution >= 0.6 is 0 Å². The van der Waals surface area contributed by atoms with E-state index in [1.165, 1.54) is 12.8 Å². The van der Waals surface area contributed by atoms with Gasteiger partial charge in [-0.05, 0) is 36.5 Å². The second kappa shape index (κ2) is 7.99. The Hall–Kier alpha value is -2.04. The lowest BCUT2D eigenvalue weighted by Crippen LogP contribution is -2.42. The maximum absolute atomic E-state index is 11.7. The SMILES string of the molecule is CC1CCN(C(N)=NCc2ccc(NC(=O)C(C)C)cc2)CC1. The third-order valence-corrected chi connectivity index (χ3v) is 4.28. The van der Waals surface area contributed by atoms with Crippen molar-refractivity contribution >= 4 is 17.6 Å². The number of aliphatic imine (C=N–C) groups is 1. The van der Waals surface area contributed by atoms with Crippen molar-refractivity contribution in [2.45, 2.75) is 40.2 Å². The highest BCUT2D eigenvalue weighted by molar-refractivity contribution is 5.92. The van der Waals surface area contributed by atoms with Gasteiger partial charge in [0.25, 0.3) is 0 Å². The largest absolute Gasteiger partial charge is 0.370 e. The fourth-order valence-electron chi connectivity index (χ4n) is 2.49. The number of nitrogens with one attached hydrogen (secondary N) is 1. The third-order valence-electron chi connectivity index (χ3n) is 4.28. The summed E-state index contributed by atoms with van der Waals surface area (Å²) in [6, 6.07) is 7.77. The fourth-order valence-corrected chi connectivity index (χ4v) is 2.49. The van der Waals surface area contributed by atoms with Gasteiger partial charge in [0.15, 0.2) is 5.96 Å². The normalized spacial score (nSPS) is 16.7. The number of nitrogens with two attached hydrogens (primary N) is 1. The van der Waals surface area contributed by atoms with Crippen LogP contribution in [0.2, 0.25) is 0 Å². The summed E-state index contributed by atoms with van der Waals surface area (Å²) < 4.78 is 0. The number of carbonyl (C=O) groups excluding carboxylic acids is 1. The number of benzene rings is 1. The number of hydrogen-bond acceptors (Lipinski definition) is 2. The second-order valence-corrected chi connectivity index (χ2v) is 6.68. The minimum atomic E-state index is -0.0219. The van der Waals surface area contributed by atoms with Crippen molar-refractivity contribution in [3.05, 3.63) is 29.8 Å². The van der Waals surface area contributed by atoms with Gasteiger partial charge in [0.05, 0.1) is 6.54 Å². The lowest BCUT2D eigenvalue weighted by Gasteiger charge is -2.31. The highest BCUT2D eigenvalue weighted by atomic mass is 16.1. The predicted octanol–water partition coefficient (Wildman–Crippen LogP) is 2.83. The first-order chi connectivity index (χ1) is 11.0. The zero-order valence-electron chi connectivity index (χ0n) is 14.4. The first kappa shape index (κ1) is 17.3. The van der Waals surface area contributed by atoms with Gasteiger partial charge >= 0.3 is 0 Å². The zero-order valence-corrected chi connectivity index (χ0v) is 14.4. The lowest BCUT2D eigenvalue weighted by atomic mass is 10.00. The molecule has 0 aliphatic carbocycles. The van der Waals surface area contributed by atoms with E-state index in [0.29, 0.717) is 12.5 Å². The molecule has 0 spiro atoms. The molecule has 1 aromatic carbocycles. The van der Waals surface area contributed by atoms with Crippen molar-refractivity contribution in [2.24, 2.45) is 22.6 Å². The van der Waals surface area contributed by atoms with Crippen LogP contribution in [0.3, 0.4) is 0 Å². The van der Waals surface area contributed by atoms with Crippen molar-refractivity contribution in [1.29, 1.82) is 0 Å². The van der Waals surface area contributed by atoms with Gasteiger partial charge in [-0.3, -0.25) is 4.79 Å². The van der Waals surface area contributed by atoms with Crippen LogP contribution in [0, 0.1) is 11.8 Å². The Morgan fingerprint density at radius 2 is 1.91 bits per heavy atom. The van der Waals surface area contributed by atoms with Crippen molar-refractivity contribution < 1.29 is 4.79 Å². The molecule has 0 bridgehead atoms. The minimum absolute atomic E-state index is 0.0219. The smallest absolute Gasteiger partial charge is 0.226 e. The number of nitrogens with zero attached hydrogens (tertiary/aromatic N) is 2. The average molecular weight is 316 g/mol. The maximum Gasteiger partial charge on any atom is 0.226 e. The summed E-state index contributed by atoms with van der Waals surface area (Å²) in [7, 11) is 0. The Morgan fingerprint density at radius 3 is 2.48 bits per heavy atom. The Bertz CT molecular complexity index is 543. The van der Waals surface area contributed by atoms with Gasteiger partial charge in [-0.1, -0.05) is 32.9 Å². The number of likely N-dealkylation sites (tertiary alicyclic amines) is 1. The molecule has 1 saturated heterocycles. The van der Waals surface area contributed by atoms with Crippen LogP contribution in [0.15, 0.2) is 29.3 Å². The van der Waals surface area contributed by atoms with E-state index in [1.807, 2.05) is 38.1 Å². The van der Waals surface area contributed by atoms with E-state index < -0.39 is 0 Å². The molecular formula is C18H28N4O. The molecule has 0 saturated carbocycles. The average Bonchev–Trinajstić information content (AvgIpc) is 2.54. The predicted molar refractivity (Wildman–Crippen MR) is 95.2 cm³/mol. The first-order valence-corrected chi connectivity index (χ1v) is 8.40. The molecule has 23 heavy (non-hydrogen) atoms. The lowest BCUT2D eigenvalue weighted by molar-refractivity contribution is -0.118. The first-order valence-electron chi connectivity index (χ1n) is 8.40. The van der Waals surface area contributed by atoms with Crippen LogP contribution in [-0.2, 0) is 11.3 Å². The maximum atomic E-state index is 11.7. The number of piperidine rings is 1. The number of hydrogen-bond donors (Lipinski definition) is 2. The molecule has 2 rings (SSSR count). The molecule has 126 valence electrons. The molecule has 1 aromatic rings. The molecule has 0 radical (unpaired) electrons. The van der Waals surface area contributed by atoms with E-state index in [-0.39, 0.29) is 11.8 Å². The molecule has 0 atom stereocenters. The van der Waals surface area contributed by atoms with E-state index in [0.717, 1.165) is 30.3 Å². The van der Waals surface area contributed by atoms with Crippen LogP contribution in [-0.4, -0.2) is 29.9 Å². The summed E-state index contributed by atoms with van der Waals surface area (Å²) in [5, 5.41) is 2.88. The molecule has 1 aliphatic rings. The molecule has 0 unspecified atom stereocenters. The Labute approximate surface area is 139 Å². The number of rotatable bonds is 4. The molecule has 5 nitrogen and oxygen atoms in total. The van der Waals surface area contributed by atoms with Gasteiger partial charge in [-0.25, -0.2) is 4.99 Å². The van der Waals surface area contributed by atoms with Gasteiger partial charge in [0.2, 0.25) is 5.91 Å². The Morgan fingerprint density at radius 1 is 1.30 bits per heavy atom. The fraction of sp³-hybridized carbons (Fsp3) is 0.556. The molecule has 5 heteroatoms. The molecule has 1 aliphatic heterocycles. The summed E-state index contributed by atoms with van der Waals surface area (Å²) in [5.41, 5.74) is 7.99. The molecule has 1 heterocycles. The molecule has 0 aromatic heterocycles. The topological polar surface area (TPSA) is 70.7 Å². The summed E-state index contributed by atoms with van der Waals surface area (Å²) in [5.74, 6) is 1.42. The van der Waals surface area contributed by atoms with Gasteiger partial charge in [0, 0.05) is 24.7 Å². The van der Waals surface area contributed by atoms with Crippen molar-refractivity contribution in [2.75, 3.05) is 18.4 Å². The van der Waals surface area contributed by atoms with E-state index in [1.54, 1.807) is 0 Å². The van der Waals surface area contributed by atoms with E-state index in [2.05, 4.69) is 22.1 Å². The Balaban J connectivity index is 1.88. The molecular weight excluding hydrogens is 288 g/mol. The second-order valence-electron chi connectivity index (χ2n) is 6.68. The third kappa shape index (κ3) is 5.27. The van der Waals surface area contributed by atoms with Crippen molar-refractivity contribution in [3.8, 4) is 0 Å². The van der Waals surface area contributed by atoms with Crippen molar-refractivity contribution in [1.82, 2.24) is 4.90 Å². The summed E-state index contributed by atoms with van der Waals surface area (Å²) >= 11 is 0. The zero-order chi connectivity index (χ0) is 16.8. The number of anilines is 1. The van der Waals surface area contributed by atoms with Gasteiger partial charge in [0.1, 0.15) is 0 Å².